The Morgan fingerprint density at radius 1 is 1.17 bits per heavy atom. The van der Waals surface area contributed by atoms with E-state index >= 15 is 0 Å². The van der Waals surface area contributed by atoms with E-state index in [1.807, 2.05) is 31.2 Å². The third-order valence-electron chi connectivity index (χ3n) is 4.04. The molecule has 0 saturated carbocycles. The minimum atomic E-state index is -3.72. The van der Waals surface area contributed by atoms with Crippen molar-refractivity contribution in [1.82, 2.24) is 14.4 Å². The van der Waals surface area contributed by atoms with Gasteiger partial charge in [-0.3, -0.25) is 0 Å². The molecule has 0 atom stereocenters. The van der Waals surface area contributed by atoms with Gasteiger partial charge >= 0.3 is 5.97 Å². The maximum Gasteiger partial charge on any atom is 0.340 e. The van der Waals surface area contributed by atoms with Crippen molar-refractivity contribution in [1.29, 1.82) is 0 Å². The van der Waals surface area contributed by atoms with Crippen LogP contribution in [0.15, 0.2) is 51.9 Å². The fourth-order valence-corrected chi connectivity index (χ4v) is 3.49. The second-order valence-corrected chi connectivity index (χ2v) is 8.94. The van der Waals surface area contributed by atoms with E-state index in [0.29, 0.717) is 5.82 Å². The lowest BCUT2D eigenvalue weighted by atomic mass is 10.1. The number of carbonyl (C=O) groups is 1. The topological polar surface area (TPSA) is 103 Å². The minimum absolute atomic E-state index is 0.0681. The zero-order valence-electron chi connectivity index (χ0n) is 15.9. The zero-order valence-corrected chi connectivity index (χ0v) is 17.5. The second kappa shape index (κ2) is 8.32. The standard InChI is InChI=1S/C19H18ClN3O5S/c1-12-4-6-13(7-5-12)18-21-17(28-22-18)11-27-19(24)15-10-14(8-9-16(15)20)29(25,26)23(2)3/h4-10H,11H2,1-3H3. The van der Waals surface area contributed by atoms with Gasteiger partial charge in [0.05, 0.1) is 15.5 Å². The van der Waals surface area contributed by atoms with Gasteiger partial charge in [-0.25, -0.2) is 17.5 Å². The molecule has 0 saturated heterocycles. The number of aromatic nitrogens is 2. The van der Waals surface area contributed by atoms with Gasteiger partial charge < -0.3 is 9.26 Å². The quantitative estimate of drug-likeness (QED) is 0.547. The minimum Gasteiger partial charge on any atom is -0.452 e. The molecule has 8 nitrogen and oxygen atoms in total. The number of benzene rings is 2. The summed E-state index contributed by atoms with van der Waals surface area (Å²) in [5.41, 5.74) is 1.79. The van der Waals surface area contributed by atoms with E-state index in [2.05, 4.69) is 10.1 Å². The van der Waals surface area contributed by atoms with Gasteiger partial charge in [0.2, 0.25) is 15.8 Å². The molecule has 0 spiro atoms. The van der Waals surface area contributed by atoms with Crippen molar-refractivity contribution in [2.75, 3.05) is 14.1 Å². The number of ether oxygens (including phenoxy) is 1. The summed E-state index contributed by atoms with van der Waals surface area (Å²) in [4.78, 5) is 16.5. The summed E-state index contributed by atoms with van der Waals surface area (Å²) in [6, 6.07) is 11.4. The van der Waals surface area contributed by atoms with Crippen molar-refractivity contribution in [2.24, 2.45) is 0 Å². The first-order chi connectivity index (χ1) is 13.7. The Labute approximate surface area is 173 Å². The number of aryl methyl sites for hydroxylation is 1. The van der Waals surface area contributed by atoms with E-state index in [0.717, 1.165) is 15.4 Å². The van der Waals surface area contributed by atoms with Crippen LogP contribution < -0.4 is 0 Å². The average Bonchev–Trinajstić information content (AvgIpc) is 3.15. The van der Waals surface area contributed by atoms with E-state index in [9.17, 15) is 13.2 Å². The summed E-state index contributed by atoms with van der Waals surface area (Å²) >= 11 is 6.04. The number of halogens is 1. The fourth-order valence-electron chi connectivity index (χ4n) is 2.37. The van der Waals surface area contributed by atoms with Crippen LogP contribution in [-0.4, -0.2) is 42.9 Å². The number of rotatable bonds is 6. The third-order valence-corrected chi connectivity index (χ3v) is 6.18. The molecule has 0 aliphatic rings. The van der Waals surface area contributed by atoms with Crippen molar-refractivity contribution in [3.8, 4) is 11.4 Å². The van der Waals surface area contributed by atoms with Crippen LogP contribution in [0.2, 0.25) is 5.02 Å². The highest BCUT2D eigenvalue weighted by Crippen LogP contribution is 2.23. The Morgan fingerprint density at radius 3 is 2.52 bits per heavy atom. The van der Waals surface area contributed by atoms with Crippen LogP contribution in [0.3, 0.4) is 0 Å². The number of hydrogen-bond donors (Lipinski definition) is 0. The van der Waals surface area contributed by atoms with Gasteiger partial charge in [0.15, 0.2) is 6.61 Å². The largest absolute Gasteiger partial charge is 0.452 e. The van der Waals surface area contributed by atoms with Crippen molar-refractivity contribution in [3.05, 3.63) is 64.5 Å². The van der Waals surface area contributed by atoms with Crippen molar-refractivity contribution < 1.29 is 22.5 Å². The summed E-state index contributed by atoms with van der Waals surface area (Å²) in [6.07, 6.45) is 0. The van der Waals surface area contributed by atoms with E-state index in [-0.39, 0.29) is 28.0 Å². The summed E-state index contributed by atoms with van der Waals surface area (Å²) in [5, 5.41) is 3.93. The first-order valence-corrected chi connectivity index (χ1v) is 10.3. The van der Waals surface area contributed by atoms with Crippen LogP contribution in [0.4, 0.5) is 0 Å². The molecule has 0 fully saturated rings. The Morgan fingerprint density at radius 2 is 1.86 bits per heavy atom. The zero-order chi connectivity index (χ0) is 21.2. The number of carbonyl (C=O) groups excluding carboxylic acids is 1. The molecule has 1 aromatic heterocycles. The lowest BCUT2D eigenvalue weighted by Gasteiger charge is -2.12. The van der Waals surface area contributed by atoms with Crippen LogP contribution in [-0.2, 0) is 21.4 Å². The van der Waals surface area contributed by atoms with Gasteiger partial charge in [-0.05, 0) is 25.1 Å². The van der Waals surface area contributed by atoms with Crippen molar-refractivity contribution >= 4 is 27.6 Å². The molecule has 2 aromatic carbocycles. The Balaban J connectivity index is 1.74. The van der Waals surface area contributed by atoms with Crippen LogP contribution in [0, 0.1) is 6.92 Å². The van der Waals surface area contributed by atoms with Crippen LogP contribution in [0.1, 0.15) is 21.8 Å². The highest BCUT2D eigenvalue weighted by atomic mass is 35.5. The molecule has 0 amide bonds. The van der Waals surface area contributed by atoms with Crippen molar-refractivity contribution in [2.45, 2.75) is 18.4 Å². The molecule has 10 heteroatoms. The lowest BCUT2D eigenvalue weighted by molar-refractivity contribution is 0.0429. The highest BCUT2D eigenvalue weighted by molar-refractivity contribution is 7.89. The molecule has 3 rings (SSSR count). The second-order valence-electron chi connectivity index (χ2n) is 6.38. The first kappa shape index (κ1) is 21.0. The van der Waals surface area contributed by atoms with Crippen LogP contribution >= 0.6 is 11.6 Å². The lowest BCUT2D eigenvalue weighted by Crippen LogP contribution is -2.22. The van der Waals surface area contributed by atoms with E-state index < -0.39 is 16.0 Å². The van der Waals surface area contributed by atoms with Gasteiger partial charge in [0.1, 0.15) is 0 Å². The summed E-state index contributed by atoms with van der Waals surface area (Å²) < 4.78 is 35.8. The van der Waals surface area contributed by atoms with Gasteiger partial charge in [-0.2, -0.15) is 4.98 Å². The Hall–Kier alpha value is -2.75. The number of sulfonamides is 1. The average molecular weight is 436 g/mol. The van der Waals surface area contributed by atoms with Gasteiger partial charge in [0, 0.05) is 19.7 Å². The van der Waals surface area contributed by atoms with Crippen LogP contribution in [0.5, 0.6) is 0 Å². The summed E-state index contributed by atoms with van der Waals surface area (Å²) in [7, 11) is -0.937. The van der Waals surface area contributed by atoms with Gasteiger partial charge in [0.25, 0.3) is 5.89 Å². The molecule has 0 unspecified atom stereocenters. The molecule has 3 aromatic rings. The predicted octanol–water partition coefficient (Wildman–Crippen LogP) is 3.31. The molecule has 29 heavy (non-hydrogen) atoms. The molecular formula is C19H18ClN3O5S. The van der Waals surface area contributed by atoms with E-state index in [1.165, 1.54) is 32.3 Å². The van der Waals surface area contributed by atoms with Gasteiger partial charge in [-0.1, -0.05) is 46.6 Å². The molecule has 0 aliphatic carbocycles. The third kappa shape index (κ3) is 4.64. The summed E-state index contributed by atoms with van der Waals surface area (Å²) in [5.74, 6) is -0.337. The number of nitrogens with zero attached hydrogens (tertiary/aromatic N) is 3. The molecule has 0 aliphatic heterocycles. The Bertz CT molecular complexity index is 1140. The molecule has 1 heterocycles. The number of hydrogen-bond acceptors (Lipinski definition) is 7. The van der Waals surface area contributed by atoms with Gasteiger partial charge in [-0.15, -0.1) is 0 Å². The van der Waals surface area contributed by atoms with E-state index in [1.54, 1.807) is 0 Å². The summed E-state index contributed by atoms with van der Waals surface area (Å²) in [6.45, 7) is 1.69. The first-order valence-electron chi connectivity index (χ1n) is 8.47. The van der Waals surface area contributed by atoms with Crippen LogP contribution in [0.25, 0.3) is 11.4 Å². The maximum atomic E-state index is 12.4. The fraction of sp³-hybridized carbons (Fsp3) is 0.211. The molecule has 0 radical (unpaired) electrons. The maximum absolute atomic E-state index is 12.4. The molecular weight excluding hydrogens is 418 g/mol. The monoisotopic (exact) mass is 435 g/mol. The normalized spacial score (nSPS) is 11.6. The molecule has 152 valence electrons. The predicted molar refractivity (Wildman–Crippen MR) is 106 cm³/mol. The SMILES string of the molecule is Cc1ccc(-c2noc(COC(=O)c3cc(S(=O)(=O)N(C)C)ccc3Cl)n2)cc1. The highest BCUT2D eigenvalue weighted by Gasteiger charge is 2.22. The number of esters is 1. The Kier molecular flexibility index (Phi) is 6.02. The van der Waals surface area contributed by atoms with Crippen molar-refractivity contribution in [3.63, 3.8) is 0 Å². The smallest absolute Gasteiger partial charge is 0.340 e. The molecule has 0 bridgehead atoms. The van der Waals surface area contributed by atoms with E-state index in [4.69, 9.17) is 20.9 Å². The molecule has 0 N–H and O–H groups in total.